The van der Waals surface area contributed by atoms with E-state index in [1.165, 1.54) is 37.2 Å². The maximum absolute atomic E-state index is 12.3. The van der Waals surface area contributed by atoms with E-state index in [-0.39, 0.29) is 5.60 Å². The molecule has 2 heterocycles. The third kappa shape index (κ3) is 3.18. The van der Waals surface area contributed by atoms with Gasteiger partial charge in [0.1, 0.15) is 5.78 Å². The summed E-state index contributed by atoms with van der Waals surface area (Å²) in [7, 11) is 0. The van der Waals surface area contributed by atoms with Gasteiger partial charge in [-0.1, -0.05) is 12.8 Å². The Bertz CT molecular complexity index is 317. The Morgan fingerprint density at radius 2 is 1.95 bits per heavy atom. The van der Waals surface area contributed by atoms with Gasteiger partial charge in [0.05, 0.1) is 5.60 Å². The number of ketones is 1. The van der Waals surface area contributed by atoms with Crippen molar-refractivity contribution < 1.29 is 9.53 Å². The maximum atomic E-state index is 12.3. The smallest absolute Gasteiger partial charge is 0.136 e. The molecule has 2 saturated heterocycles. The van der Waals surface area contributed by atoms with E-state index < -0.39 is 0 Å². The molecule has 1 saturated carbocycles. The monoisotopic (exact) mass is 282 g/mol. The summed E-state index contributed by atoms with van der Waals surface area (Å²) in [5.74, 6) is 4.02. The van der Waals surface area contributed by atoms with Gasteiger partial charge in [-0.05, 0) is 55.9 Å². The van der Waals surface area contributed by atoms with Gasteiger partial charge in [0.25, 0.3) is 0 Å². The van der Waals surface area contributed by atoms with Gasteiger partial charge in [-0.25, -0.2) is 0 Å². The van der Waals surface area contributed by atoms with E-state index in [9.17, 15) is 4.79 Å². The zero-order chi connectivity index (χ0) is 13.1. The van der Waals surface area contributed by atoms with Crippen molar-refractivity contribution in [3.05, 3.63) is 0 Å². The molecular weight excluding hydrogens is 256 g/mol. The highest BCUT2D eigenvalue weighted by Crippen LogP contribution is 2.43. The normalized spacial score (nSPS) is 36.1. The molecule has 19 heavy (non-hydrogen) atoms. The lowest BCUT2D eigenvalue weighted by molar-refractivity contribution is -0.134. The Balaban J connectivity index is 1.68. The van der Waals surface area contributed by atoms with Crippen molar-refractivity contribution >= 4 is 17.5 Å². The molecule has 2 unspecified atom stereocenters. The topological polar surface area (TPSA) is 26.3 Å². The summed E-state index contributed by atoms with van der Waals surface area (Å²) < 4.78 is 6.17. The molecule has 0 aromatic carbocycles. The summed E-state index contributed by atoms with van der Waals surface area (Å²) in [6, 6.07) is 0. The molecule has 3 heteroatoms. The fraction of sp³-hybridized carbons (Fsp3) is 0.938. The second kappa shape index (κ2) is 6.17. The average Bonchev–Trinajstić information content (AvgIpc) is 2.64. The van der Waals surface area contributed by atoms with E-state index in [1.807, 2.05) is 0 Å². The Morgan fingerprint density at radius 3 is 2.79 bits per heavy atom. The van der Waals surface area contributed by atoms with Gasteiger partial charge in [-0.2, -0.15) is 11.8 Å². The molecule has 0 aromatic rings. The number of carbonyl (C=O) groups excluding carboxylic acids is 1. The van der Waals surface area contributed by atoms with Crippen molar-refractivity contribution in [2.24, 2.45) is 11.8 Å². The van der Waals surface area contributed by atoms with Crippen LogP contribution in [-0.2, 0) is 9.53 Å². The average molecular weight is 282 g/mol. The lowest BCUT2D eigenvalue weighted by Crippen LogP contribution is -2.45. The van der Waals surface area contributed by atoms with Crippen LogP contribution in [0.25, 0.3) is 0 Å². The standard InChI is InChI=1S/C16H26O2S/c17-15-5-3-1-2-4-14(15)13-6-9-18-16(12-13)7-10-19-11-8-16/h13-14H,1-12H2. The van der Waals surface area contributed by atoms with E-state index in [4.69, 9.17) is 4.74 Å². The SMILES string of the molecule is O=C1CCCCCC1C1CCOC2(CCSCC2)C1. The molecule has 0 bridgehead atoms. The van der Waals surface area contributed by atoms with Crippen LogP contribution in [0, 0.1) is 11.8 Å². The van der Waals surface area contributed by atoms with Gasteiger partial charge >= 0.3 is 0 Å². The van der Waals surface area contributed by atoms with Crippen LogP contribution in [-0.4, -0.2) is 29.5 Å². The van der Waals surface area contributed by atoms with Gasteiger partial charge in [0, 0.05) is 18.9 Å². The number of rotatable bonds is 1. The Hall–Kier alpha value is -0.0200. The van der Waals surface area contributed by atoms with Crippen LogP contribution in [0.3, 0.4) is 0 Å². The first-order valence-electron chi connectivity index (χ1n) is 8.04. The molecule has 0 amide bonds. The van der Waals surface area contributed by atoms with Crippen molar-refractivity contribution in [2.75, 3.05) is 18.1 Å². The molecule has 1 aliphatic carbocycles. The molecule has 0 aromatic heterocycles. The molecule has 0 N–H and O–H groups in total. The first-order valence-corrected chi connectivity index (χ1v) is 9.19. The molecule has 2 atom stereocenters. The van der Waals surface area contributed by atoms with Gasteiger partial charge in [0.2, 0.25) is 0 Å². The van der Waals surface area contributed by atoms with Gasteiger partial charge in [0.15, 0.2) is 0 Å². The van der Waals surface area contributed by atoms with Crippen LogP contribution < -0.4 is 0 Å². The lowest BCUT2D eigenvalue weighted by Gasteiger charge is -2.45. The van der Waals surface area contributed by atoms with Gasteiger partial charge in [-0.15, -0.1) is 0 Å². The van der Waals surface area contributed by atoms with Crippen LogP contribution in [0.4, 0.5) is 0 Å². The van der Waals surface area contributed by atoms with Crippen LogP contribution in [0.2, 0.25) is 0 Å². The third-order valence-corrected chi connectivity index (χ3v) is 6.34. The first kappa shape index (κ1) is 13.9. The highest BCUT2D eigenvalue weighted by atomic mass is 32.2. The zero-order valence-electron chi connectivity index (χ0n) is 11.9. The van der Waals surface area contributed by atoms with E-state index in [0.29, 0.717) is 17.6 Å². The molecule has 3 aliphatic rings. The summed E-state index contributed by atoms with van der Waals surface area (Å²) >= 11 is 2.06. The molecule has 108 valence electrons. The number of hydrogen-bond acceptors (Lipinski definition) is 3. The van der Waals surface area contributed by atoms with Crippen LogP contribution in [0.1, 0.15) is 57.8 Å². The highest BCUT2D eigenvalue weighted by Gasteiger charge is 2.42. The second-order valence-electron chi connectivity index (χ2n) is 6.57. The minimum absolute atomic E-state index is 0.140. The number of thioether (sulfide) groups is 1. The van der Waals surface area contributed by atoms with E-state index in [1.54, 1.807) is 0 Å². The Kier molecular flexibility index (Phi) is 4.53. The minimum atomic E-state index is 0.140. The lowest BCUT2D eigenvalue weighted by atomic mass is 9.73. The number of ether oxygens (including phenoxy) is 1. The Morgan fingerprint density at radius 1 is 1.11 bits per heavy atom. The molecule has 2 aliphatic heterocycles. The van der Waals surface area contributed by atoms with Gasteiger partial charge < -0.3 is 4.74 Å². The van der Waals surface area contributed by atoms with Crippen molar-refractivity contribution in [1.82, 2.24) is 0 Å². The highest BCUT2D eigenvalue weighted by molar-refractivity contribution is 7.99. The number of Topliss-reactive ketones (excluding diaryl/α,β-unsaturated/α-hetero) is 1. The minimum Gasteiger partial charge on any atom is -0.375 e. The first-order chi connectivity index (χ1) is 9.29. The van der Waals surface area contributed by atoms with Crippen molar-refractivity contribution in [2.45, 2.75) is 63.4 Å². The predicted octanol–water partition coefficient (Wildman–Crippen LogP) is 3.83. The summed E-state index contributed by atoms with van der Waals surface area (Å²) in [4.78, 5) is 12.3. The summed E-state index contributed by atoms with van der Waals surface area (Å²) in [5.41, 5.74) is 0.140. The summed E-state index contributed by atoms with van der Waals surface area (Å²) in [5, 5.41) is 0. The fourth-order valence-electron chi connectivity index (χ4n) is 4.19. The van der Waals surface area contributed by atoms with Crippen molar-refractivity contribution in [1.29, 1.82) is 0 Å². The third-order valence-electron chi connectivity index (χ3n) is 5.36. The molecule has 1 spiro atoms. The maximum Gasteiger partial charge on any atom is 0.136 e. The van der Waals surface area contributed by atoms with Gasteiger partial charge in [-0.3, -0.25) is 4.79 Å². The van der Waals surface area contributed by atoms with E-state index in [0.717, 1.165) is 38.7 Å². The quantitative estimate of drug-likeness (QED) is 0.684. The van der Waals surface area contributed by atoms with Crippen LogP contribution >= 0.6 is 11.8 Å². The molecule has 3 fully saturated rings. The predicted molar refractivity (Wildman–Crippen MR) is 79.5 cm³/mol. The number of carbonyl (C=O) groups is 1. The molecule has 2 nitrogen and oxygen atoms in total. The summed E-state index contributed by atoms with van der Waals surface area (Å²) in [6.07, 6.45) is 10.3. The molecule has 3 rings (SSSR count). The Labute approximate surface area is 121 Å². The number of hydrogen-bond donors (Lipinski definition) is 0. The molecule has 0 radical (unpaired) electrons. The van der Waals surface area contributed by atoms with E-state index >= 15 is 0 Å². The largest absolute Gasteiger partial charge is 0.375 e. The van der Waals surface area contributed by atoms with E-state index in [2.05, 4.69) is 11.8 Å². The van der Waals surface area contributed by atoms with Crippen LogP contribution in [0.15, 0.2) is 0 Å². The second-order valence-corrected chi connectivity index (χ2v) is 7.79. The van der Waals surface area contributed by atoms with Crippen molar-refractivity contribution in [3.63, 3.8) is 0 Å². The van der Waals surface area contributed by atoms with Crippen molar-refractivity contribution in [3.8, 4) is 0 Å². The fourth-order valence-corrected chi connectivity index (χ4v) is 5.42. The zero-order valence-corrected chi connectivity index (χ0v) is 12.7. The molecular formula is C16H26O2S. The summed E-state index contributed by atoms with van der Waals surface area (Å²) in [6.45, 7) is 0.888. The van der Waals surface area contributed by atoms with Crippen LogP contribution in [0.5, 0.6) is 0 Å².